The van der Waals surface area contributed by atoms with Gasteiger partial charge in [-0.2, -0.15) is 0 Å². The van der Waals surface area contributed by atoms with E-state index < -0.39 is 0 Å². The number of aromatic nitrogens is 3. The minimum Gasteiger partial charge on any atom is -0.492 e. The van der Waals surface area contributed by atoms with Gasteiger partial charge in [-0.3, -0.25) is 4.79 Å². The first-order valence-electron chi connectivity index (χ1n) is 8.65. The normalized spacial score (nSPS) is 10.8. The molecule has 0 N–H and O–H groups in total. The van der Waals surface area contributed by atoms with Crippen molar-refractivity contribution in [1.29, 1.82) is 0 Å². The molecule has 0 spiro atoms. The van der Waals surface area contributed by atoms with Crippen molar-refractivity contribution in [1.82, 2.24) is 14.8 Å². The van der Waals surface area contributed by atoms with E-state index in [1.165, 1.54) is 0 Å². The molecule has 3 aromatic rings. The van der Waals surface area contributed by atoms with E-state index in [-0.39, 0.29) is 5.78 Å². The predicted octanol–water partition coefficient (Wildman–Crippen LogP) is 4.99. The number of ketones is 1. The second-order valence-corrected chi connectivity index (χ2v) is 7.31. The standard InChI is InChI=1S/C20H20ClN3O2S/c1-3-24-19(15-8-10-16(21)11-9-15)22-23-20(24)27-13-12-26-18-7-5-4-6-17(18)14(2)25/h4-11H,3,12-13H2,1-2H3. The van der Waals surface area contributed by atoms with Crippen molar-refractivity contribution in [2.75, 3.05) is 12.4 Å². The van der Waals surface area contributed by atoms with Crippen molar-refractivity contribution < 1.29 is 9.53 Å². The molecule has 1 heterocycles. The summed E-state index contributed by atoms with van der Waals surface area (Å²) in [5.74, 6) is 2.13. The van der Waals surface area contributed by atoms with E-state index in [1.807, 2.05) is 42.5 Å². The summed E-state index contributed by atoms with van der Waals surface area (Å²) in [6, 6.07) is 14.9. The number of benzene rings is 2. The molecule has 0 aliphatic carbocycles. The van der Waals surface area contributed by atoms with Gasteiger partial charge in [0.25, 0.3) is 0 Å². The molecule has 3 rings (SSSR count). The zero-order chi connectivity index (χ0) is 19.2. The van der Waals surface area contributed by atoms with E-state index in [1.54, 1.807) is 24.8 Å². The number of carbonyl (C=O) groups is 1. The van der Waals surface area contributed by atoms with Gasteiger partial charge >= 0.3 is 0 Å². The lowest BCUT2D eigenvalue weighted by Crippen LogP contribution is -2.06. The summed E-state index contributed by atoms with van der Waals surface area (Å²) in [5, 5.41) is 10.2. The highest BCUT2D eigenvalue weighted by Crippen LogP contribution is 2.25. The fourth-order valence-corrected chi connectivity index (χ4v) is 3.61. The van der Waals surface area contributed by atoms with Crippen LogP contribution in [0.25, 0.3) is 11.4 Å². The molecule has 0 bridgehead atoms. The van der Waals surface area contributed by atoms with Crippen LogP contribution in [-0.4, -0.2) is 32.9 Å². The summed E-state index contributed by atoms with van der Waals surface area (Å²) < 4.78 is 7.85. The Labute approximate surface area is 167 Å². The van der Waals surface area contributed by atoms with Crippen molar-refractivity contribution in [3.8, 4) is 17.1 Å². The van der Waals surface area contributed by atoms with E-state index >= 15 is 0 Å². The van der Waals surface area contributed by atoms with Crippen LogP contribution in [0.3, 0.4) is 0 Å². The number of nitrogens with zero attached hydrogens (tertiary/aromatic N) is 3. The average Bonchev–Trinajstić information content (AvgIpc) is 3.09. The molecular formula is C20H20ClN3O2S. The highest BCUT2D eigenvalue weighted by Gasteiger charge is 2.13. The summed E-state index contributed by atoms with van der Waals surface area (Å²) in [6.45, 7) is 4.84. The van der Waals surface area contributed by atoms with E-state index in [0.717, 1.165) is 23.1 Å². The first-order valence-corrected chi connectivity index (χ1v) is 10.0. The van der Waals surface area contributed by atoms with E-state index in [9.17, 15) is 4.79 Å². The minimum absolute atomic E-state index is 0.00316. The number of thioether (sulfide) groups is 1. The second kappa shape index (κ2) is 9.06. The van der Waals surface area contributed by atoms with Gasteiger partial charge in [-0.15, -0.1) is 10.2 Å². The molecule has 0 radical (unpaired) electrons. The molecule has 0 saturated heterocycles. The van der Waals surface area contributed by atoms with Gasteiger partial charge in [-0.05, 0) is 50.2 Å². The van der Waals surface area contributed by atoms with E-state index in [4.69, 9.17) is 16.3 Å². The zero-order valence-electron chi connectivity index (χ0n) is 15.2. The number of ether oxygens (including phenoxy) is 1. The molecular weight excluding hydrogens is 382 g/mol. The SMILES string of the molecule is CCn1c(SCCOc2ccccc2C(C)=O)nnc1-c1ccc(Cl)cc1. The predicted molar refractivity (Wildman–Crippen MR) is 109 cm³/mol. The summed E-state index contributed by atoms with van der Waals surface area (Å²) in [4.78, 5) is 11.6. The fraction of sp³-hybridized carbons (Fsp3) is 0.250. The molecule has 1 aromatic heterocycles. The van der Waals surface area contributed by atoms with Crippen molar-refractivity contribution in [2.45, 2.75) is 25.5 Å². The van der Waals surface area contributed by atoms with Gasteiger partial charge in [0, 0.05) is 22.9 Å². The van der Waals surface area contributed by atoms with Crippen LogP contribution in [0.5, 0.6) is 5.75 Å². The number of rotatable bonds is 8. The smallest absolute Gasteiger partial charge is 0.191 e. The van der Waals surface area contributed by atoms with Crippen LogP contribution in [0.2, 0.25) is 5.02 Å². The first kappa shape index (κ1) is 19.5. The molecule has 0 amide bonds. The van der Waals surface area contributed by atoms with Crippen molar-refractivity contribution in [3.05, 3.63) is 59.1 Å². The molecule has 2 aromatic carbocycles. The van der Waals surface area contributed by atoms with E-state index in [2.05, 4.69) is 21.7 Å². The number of carbonyl (C=O) groups excluding carboxylic acids is 1. The van der Waals surface area contributed by atoms with Gasteiger partial charge in [0.05, 0.1) is 12.2 Å². The quantitative estimate of drug-likeness (QED) is 0.302. The Kier molecular flexibility index (Phi) is 6.53. The number of halogens is 1. The lowest BCUT2D eigenvalue weighted by Gasteiger charge is -2.10. The third kappa shape index (κ3) is 4.70. The Morgan fingerprint density at radius 3 is 2.59 bits per heavy atom. The topological polar surface area (TPSA) is 57.0 Å². The van der Waals surface area contributed by atoms with Crippen molar-refractivity contribution >= 4 is 29.1 Å². The van der Waals surface area contributed by atoms with Crippen molar-refractivity contribution in [3.63, 3.8) is 0 Å². The highest BCUT2D eigenvalue weighted by atomic mass is 35.5. The highest BCUT2D eigenvalue weighted by molar-refractivity contribution is 7.99. The Hall–Kier alpha value is -2.31. The lowest BCUT2D eigenvalue weighted by atomic mass is 10.1. The Balaban J connectivity index is 1.64. The molecule has 0 aliphatic heterocycles. The third-order valence-corrected chi connectivity index (χ3v) is 5.16. The van der Waals surface area contributed by atoms with Crippen LogP contribution < -0.4 is 4.74 Å². The van der Waals surface area contributed by atoms with Crippen molar-refractivity contribution in [2.24, 2.45) is 0 Å². The maximum absolute atomic E-state index is 11.6. The van der Waals surface area contributed by atoms with Crippen LogP contribution in [0, 0.1) is 0 Å². The van der Waals surface area contributed by atoms with Gasteiger partial charge in [-0.1, -0.05) is 35.5 Å². The number of para-hydroxylation sites is 1. The van der Waals surface area contributed by atoms with Gasteiger partial charge in [0.1, 0.15) is 5.75 Å². The molecule has 5 nitrogen and oxygen atoms in total. The van der Waals surface area contributed by atoms with Gasteiger partial charge < -0.3 is 9.30 Å². The Bertz CT molecular complexity index is 925. The van der Waals surface area contributed by atoms with Gasteiger partial charge in [0.2, 0.25) is 0 Å². The maximum atomic E-state index is 11.6. The molecule has 27 heavy (non-hydrogen) atoms. The number of hydrogen-bond donors (Lipinski definition) is 0. The largest absolute Gasteiger partial charge is 0.492 e. The molecule has 7 heteroatoms. The molecule has 0 aliphatic rings. The van der Waals surface area contributed by atoms with E-state index in [0.29, 0.717) is 28.7 Å². The zero-order valence-corrected chi connectivity index (χ0v) is 16.8. The average molecular weight is 402 g/mol. The first-order chi connectivity index (χ1) is 13.1. The maximum Gasteiger partial charge on any atom is 0.191 e. The van der Waals surface area contributed by atoms with Crippen LogP contribution in [-0.2, 0) is 6.54 Å². The second-order valence-electron chi connectivity index (χ2n) is 5.81. The lowest BCUT2D eigenvalue weighted by molar-refractivity contribution is 0.101. The van der Waals surface area contributed by atoms with Gasteiger partial charge in [-0.25, -0.2) is 0 Å². The summed E-state index contributed by atoms with van der Waals surface area (Å²) in [6.07, 6.45) is 0. The molecule has 0 atom stereocenters. The van der Waals surface area contributed by atoms with Gasteiger partial charge in [0.15, 0.2) is 16.8 Å². The van der Waals surface area contributed by atoms with Crippen LogP contribution >= 0.6 is 23.4 Å². The summed E-state index contributed by atoms with van der Waals surface area (Å²) >= 11 is 7.54. The monoisotopic (exact) mass is 401 g/mol. The summed E-state index contributed by atoms with van der Waals surface area (Å²) in [5.41, 5.74) is 1.58. The Morgan fingerprint density at radius 2 is 1.89 bits per heavy atom. The number of hydrogen-bond acceptors (Lipinski definition) is 5. The fourth-order valence-electron chi connectivity index (χ4n) is 2.66. The molecule has 0 unspecified atom stereocenters. The van der Waals surface area contributed by atoms with Crippen LogP contribution in [0.15, 0.2) is 53.7 Å². The van der Waals surface area contributed by atoms with Crippen LogP contribution in [0.1, 0.15) is 24.2 Å². The van der Waals surface area contributed by atoms with Crippen LogP contribution in [0.4, 0.5) is 0 Å². The molecule has 140 valence electrons. The minimum atomic E-state index is -0.00316. The third-order valence-electron chi connectivity index (χ3n) is 3.97. The summed E-state index contributed by atoms with van der Waals surface area (Å²) in [7, 11) is 0. The molecule has 0 saturated carbocycles. The molecule has 0 fully saturated rings. The Morgan fingerprint density at radius 1 is 1.15 bits per heavy atom. The number of Topliss-reactive ketones (excluding diaryl/α,β-unsaturated/α-hetero) is 1.